The summed E-state index contributed by atoms with van der Waals surface area (Å²) in [4.78, 5) is 0. The Hall–Kier alpha value is -0.643. The summed E-state index contributed by atoms with van der Waals surface area (Å²) < 4.78 is 6.67. The molecule has 0 saturated carbocycles. The molecule has 0 bridgehead atoms. The molecule has 0 aromatic heterocycles. The molecule has 0 aliphatic heterocycles. The molecule has 23 heavy (non-hydrogen) atoms. The van der Waals surface area contributed by atoms with Gasteiger partial charge in [0.1, 0.15) is 0 Å². The summed E-state index contributed by atoms with van der Waals surface area (Å²) in [6.45, 7) is 17.8. The van der Waals surface area contributed by atoms with E-state index in [0.717, 1.165) is 18.4 Å². The van der Waals surface area contributed by atoms with Gasteiger partial charge in [-0.1, -0.05) is 59.7 Å². The highest BCUT2D eigenvalue weighted by atomic mass is 28.4. The van der Waals surface area contributed by atoms with Crippen LogP contribution in [0.5, 0.6) is 0 Å². The van der Waals surface area contributed by atoms with Gasteiger partial charge in [0.05, 0.1) is 12.2 Å². The number of aliphatic hydroxyl groups excluding tert-OH is 1. The Labute approximate surface area is 143 Å². The average Bonchev–Trinajstić information content (AvgIpc) is 2.78. The third-order valence-corrected chi connectivity index (χ3v) is 10.1. The van der Waals surface area contributed by atoms with Crippen molar-refractivity contribution in [3.63, 3.8) is 0 Å². The smallest absolute Gasteiger partial charge is 0.192 e. The number of aliphatic hydroxyl groups is 1. The van der Waals surface area contributed by atoms with Gasteiger partial charge in [0.2, 0.25) is 0 Å². The summed E-state index contributed by atoms with van der Waals surface area (Å²) in [6.07, 6.45) is 1.82. The molecule has 2 nitrogen and oxygen atoms in total. The van der Waals surface area contributed by atoms with E-state index in [2.05, 4.69) is 72.8 Å². The lowest BCUT2D eigenvalue weighted by Crippen LogP contribution is -2.41. The molecule has 1 aliphatic rings. The van der Waals surface area contributed by atoms with E-state index in [0.29, 0.717) is 0 Å². The fourth-order valence-electron chi connectivity index (χ4n) is 3.02. The number of benzene rings is 1. The fraction of sp³-hybridized carbons (Fsp3) is 0.700. The molecular weight excluding hydrogens is 300 g/mol. The molecule has 0 saturated heterocycles. The van der Waals surface area contributed by atoms with Gasteiger partial charge in [-0.15, -0.1) is 0 Å². The van der Waals surface area contributed by atoms with Crippen molar-refractivity contribution in [2.75, 3.05) is 0 Å². The van der Waals surface area contributed by atoms with E-state index in [4.69, 9.17) is 4.43 Å². The molecule has 1 aromatic carbocycles. The summed E-state index contributed by atoms with van der Waals surface area (Å²) >= 11 is 0. The normalized spacial score (nSPS) is 20.5. The van der Waals surface area contributed by atoms with E-state index >= 15 is 0 Å². The van der Waals surface area contributed by atoms with Crippen molar-refractivity contribution < 1.29 is 9.53 Å². The second-order valence-corrected chi connectivity index (χ2v) is 14.3. The number of fused-ring (bicyclic) bond motifs is 1. The first-order chi connectivity index (χ1) is 10.3. The molecule has 3 heteroatoms. The van der Waals surface area contributed by atoms with Crippen LogP contribution in [-0.2, 0) is 10.8 Å². The lowest BCUT2D eigenvalue weighted by Gasteiger charge is -2.38. The predicted molar refractivity (Wildman–Crippen MR) is 100 cm³/mol. The van der Waals surface area contributed by atoms with Crippen molar-refractivity contribution in [1.29, 1.82) is 0 Å². The van der Waals surface area contributed by atoms with Crippen molar-refractivity contribution in [2.24, 2.45) is 5.41 Å². The molecule has 130 valence electrons. The Morgan fingerprint density at radius 3 is 2.26 bits per heavy atom. The van der Waals surface area contributed by atoms with Crippen LogP contribution in [0, 0.1) is 5.41 Å². The summed E-state index contributed by atoms with van der Waals surface area (Å²) in [6, 6.07) is 6.36. The van der Waals surface area contributed by atoms with Crippen LogP contribution in [0.25, 0.3) is 0 Å². The summed E-state index contributed by atoms with van der Waals surface area (Å²) in [7, 11) is -1.78. The molecule has 0 heterocycles. The topological polar surface area (TPSA) is 29.5 Å². The van der Waals surface area contributed by atoms with Gasteiger partial charge < -0.3 is 9.53 Å². The zero-order valence-electron chi connectivity index (χ0n) is 16.2. The SMILES string of the molecule is CC(C)(C)[C@H](O)c1cccc2c1CCC2O[Si](C)(C)C(C)(C)C. The summed E-state index contributed by atoms with van der Waals surface area (Å²) in [5.74, 6) is 0. The maximum atomic E-state index is 10.7. The minimum absolute atomic E-state index is 0.145. The average molecular weight is 335 g/mol. The van der Waals surface area contributed by atoms with Gasteiger partial charge in [-0.2, -0.15) is 0 Å². The molecule has 0 fully saturated rings. The molecule has 0 radical (unpaired) electrons. The van der Waals surface area contributed by atoms with Crippen LogP contribution >= 0.6 is 0 Å². The van der Waals surface area contributed by atoms with E-state index in [1.807, 2.05) is 0 Å². The van der Waals surface area contributed by atoms with Crippen molar-refractivity contribution in [3.8, 4) is 0 Å². The fourth-order valence-corrected chi connectivity index (χ4v) is 4.33. The summed E-state index contributed by atoms with van der Waals surface area (Å²) in [5.41, 5.74) is 3.57. The van der Waals surface area contributed by atoms with Crippen LogP contribution in [0.3, 0.4) is 0 Å². The highest BCUT2D eigenvalue weighted by molar-refractivity contribution is 6.74. The Morgan fingerprint density at radius 2 is 1.74 bits per heavy atom. The molecule has 1 N–H and O–H groups in total. The van der Waals surface area contributed by atoms with Gasteiger partial charge >= 0.3 is 0 Å². The first-order valence-corrected chi connectivity index (χ1v) is 11.7. The standard InChI is InChI=1S/C20H34O2Si/c1-19(2,3)18(21)16-11-9-10-15-14(16)12-13-17(15)22-23(7,8)20(4,5)6/h9-11,17-18,21H,12-13H2,1-8H3/t17?,18-/m1/s1. The Morgan fingerprint density at radius 1 is 1.13 bits per heavy atom. The van der Waals surface area contributed by atoms with Gasteiger partial charge in [0, 0.05) is 0 Å². The minimum Gasteiger partial charge on any atom is -0.410 e. The van der Waals surface area contributed by atoms with Crippen molar-refractivity contribution >= 4 is 8.32 Å². The molecule has 0 amide bonds. The van der Waals surface area contributed by atoms with Crippen LogP contribution < -0.4 is 0 Å². The van der Waals surface area contributed by atoms with Gasteiger partial charge in [-0.25, -0.2) is 0 Å². The molecule has 0 spiro atoms. The highest BCUT2D eigenvalue weighted by Gasteiger charge is 2.41. The van der Waals surface area contributed by atoms with E-state index in [1.54, 1.807) is 0 Å². The molecule has 1 aromatic rings. The van der Waals surface area contributed by atoms with Gasteiger partial charge in [0.25, 0.3) is 0 Å². The lowest BCUT2D eigenvalue weighted by atomic mass is 9.82. The van der Waals surface area contributed by atoms with Crippen molar-refractivity contribution in [1.82, 2.24) is 0 Å². The zero-order chi connectivity index (χ0) is 17.6. The van der Waals surface area contributed by atoms with Gasteiger partial charge in [-0.3, -0.25) is 0 Å². The van der Waals surface area contributed by atoms with E-state index < -0.39 is 14.4 Å². The van der Waals surface area contributed by atoms with Crippen molar-refractivity contribution in [3.05, 3.63) is 34.9 Å². The zero-order valence-corrected chi connectivity index (χ0v) is 17.2. The largest absolute Gasteiger partial charge is 0.410 e. The van der Waals surface area contributed by atoms with Crippen molar-refractivity contribution in [2.45, 2.75) is 84.7 Å². The van der Waals surface area contributed by atoms with Crippen LogP contribution in [0.15, 0.2) is 18.2 Å². The second-order valence-electron chi connectivity index (χ2n) is 9.59. The van der Waals surface area contributed by atoms with Gasteiger partial charge in [0.15, 0.2) is 8.32 Å². The van der Waals surface area contributed by atoms with E-state index in [9.17, 15) is 5.11 Å². The van der Waals surface area contributed by atoms with E-state index in [1.165, 1.54) is 11.1 Å². The molecule has 1 aliphatic carbocycles. The number of hydrogen-bond donors (Lipinski definition) is 1. The predicted octanol–water partition coefficient (Wildman–Crippen LogP) is 5.78. The Kier molecular flexibility index (Phi) is 4.89. The Balaban J connectivity index is 2.32. The van der Waals surface area contributed by atoms with Crippen LogP contribution in [0.1, 0.15) is 76.9 Å². The Bertz CT molecular complexity index is 564. The monoisotopic (exact) mass is 334 g/mol. The maximum Gasteiger partial charge on any atom is 0.192 e. The van der Waals surface area contributed by atoms with Crippen LogP contribution in [0.4, 0.5) is 0 Å². The number of rotatable bonds is 3. The maximum absolute atomic E-state index is 10.7. The van der Waals surface area contributed by atoms with E-state index in [-0.39, 0.29) is 16.6 Å². The first kappa shape index (κ1) is 18.7. The second kappa shape index (κ2) is 6.02. The number of hydrogen-bond acceptors (Lipinski definition) is 2. The highest BCUT2D eigenvalue weighted by Crippen LogP contribution is 2.46. The minimum atomic E-state index is -1.78. The quantitative estimate of drug-likeness (QED) is 0.710. The molecule has 2 atom stereocenters. The third-order valence-electron chi connectivity index (χ3n) is 5.61. The van der Waals surface area contributed by atoms with Gasteiger partial charge in [-0.05, 0) is 53.1 Å². The van der Waals surface area contributed by atoms with Crippen LogP contribution in [-0.4, -0.2) is 13.4 Å². The van der Waals surface area contributed by atoms with Crippen LogP contribution in [0.2, 0.25) is 18.1 Å². The summed E-state index contributed by atoms with van der Waals surface area (Å²) in [5, 5.41) is 11.0. The lowest BCUT2D eigenvalue weighted by molar-refractivity contribution is 0.0619. The molecule has 2 rings (SSSR count). The first-order valence-electron chi connectivity index (χ1n) is 8.82. The molecule has 1 unspecified atom stereocenters. The molecular formula is C20H34O2Si. The third kappa shape index (κ3) is 3.72.